The summed E-state index contributed by atoms with van der Waals surface area (Å²) in [5.74, 6) is -0.140. The molecule has 1 fully saturated rings. The van der Waals surface area contributed by atoms with Crippen LogP contribution in [0.4, 0.5) is 0 Å². The summed E-state index contributed by atoms with van der Waals surface area (Å²) in [6, 6.07) is -0.168. The first-order chi connectivity index (χ1) is 7.04. The topological polar surface area (TPSA) is 38.8 Å². The van der Waals surface area contributed by atoms with E-state index in [1.54, 1.807) is 0 Å². The number of esters is 1. The third kappa shape index (κ3) is 3.47. The van der Waals surface area contributed by atoms with Gasteiger partial charge in [-0.3, -0.25) is 9.69 Å². The quantitative estimate of drug-likeness (QED) is 0.660. The Kier molecular flexibility index (Phi) is 4.54. The van der Waals surface area contributed by atoms with Crippen molar-refractivity contribution in [2.24, 2.45) is 0 Å². The van der Waals surface area contributed by atoms with Crippen LogP contribution < -0.4 is 0 Å². The van der Waals surface area contributed by atoms with Crippen molar-refractivity contribution >= 4 is 5.97 Å². The number of morpholine rings is 1. The van der Waals surface area contributed by atoms with Crippen LogP contribution in [0.5, 0.6) is 0 Å². The van der Waals surface area contributed by atoms with E-state index in [-0.39, 0.29) is 24.2 Å². The molecule has 1 aliphatic rings. The Labute approximate surface area is 91.5 Å². The third-order valence-electron chi connectivity index (χ3n) is 2.62. The van der Waals surface area contributed by atoms with Crippen molar-refractivity contribution in [3.8, 4) is 0 Å². The van der Waals surface area contributed by atoms with Crippen LogP contribution in [0.1, 0.15) is 27.7 Å². The van der Waals surface area contributed by atoms with Gasteiger partial charge in [-0.25, -0.2) is 0 Å². The molecule has 1 rings (SSSR count). The van der Waals surface area contributed by atoms with E-state index < -0.39 is 0 Å². The highest BCUT2D eigenvalue weighted by atomic mass is 16.5. The molecular weight excluding hydrogens is 194 g/mol. The van der Waals surface area contributed by atoms with Crippen molar-refractivity contribution in [1.29, 1.82) is 0 Å². The van der Waals surface area contributed by atoms with E-state index in [0.29, 0.717) is 6.61 Å². The molecule has 4 nitrogen and oxygen atoms in total. The monoisotopic (exact) mass is 215 g/mol. The van der Waals surface area contributed by atoms with Crippen molar-refractivity contribution in [2.75, 3.05) is 19.7 Å². The molecule has 15 heavy (non-hydrogen) atoms. The molecule has 0 aromatic carbocycles. The largest absolute Gasteiger partial charge is 0.465 e. The average molecular weight is 215 g/mol. The zero-order valence-electron chi connectivity index (χ0n) is 10.0. The van der Waals surface area contributed by atoms with E-state index in [1.807, 2.05) is 27.7 Å². The van der Waals surface area contributed by atoms with Gasteiger partial charge in [-0.1, -0.05) is 0 Å². The molecular formula is C11H21NO3. The molecule has 0 aliphatic carbocycles. The van der Waals surface area contributed by atoms with Gasteiger partial charge in [0.05, 0.1) is 18.8 Å². The minimum absolute atomic E-state index is 0.140. The maximum absolute atomic E-state index is 11.6. The molecule has 0 unspecified atom stereocenters. The summed E-state index contributed by atoms with van der Waals surface area (Å²) < 4.78 is 10.6. The molecule has 1 heterocycles. The van der Waals surface area contributed by atoms with Gasteiger partial charge in [0.25, 0.3) is 0 Å². The number of ether oxygens (including phenoxy) is 2. The highest BCUT2D eigenvalue weighted by Gasteiger charge is 2.29. The first-order valence-electron chi connectivity index (χ1n) is 5.60. The predicted molar refractivity (Wildman–Crippen MR) is 57.7 cm³/mol. The highest BCUT2D eigenvalue weighted by molar-refractivity contribution is 5.75. The number of rotatable bonds is 3. The lowest BCUT2D eigenvalue weighted by atomic mass is 10.2. The Morgan fingerprint density at radius 2 is 2.00 bits per heavy atom. The maximum Gasteiger partial charge on any atom is 0.323 e. The Bertz CT molecular complexity index is 210. The highest BCUT2D eigenvalue weighted by Crippen LogP contribution is 2.14. The van der Waals surface area contributed by atoms with Crippen molar-refractivity contribution in [3.63, 3.8) is 0 Å². The van der Waals surface area contributed by atoms with Crippen molar-refractivity contribution in [1.82, 2.24) is 4.90 Å². The molecule has 0 N–H and O–H groups in total. The standard InChI is InChI=1S/C11H21NO3/c1-5-14-11(13)10(4)12-6-8(2)15-9(3)7-12/h8-10H,5-7H2,1-4H3/t8-,9-,10-/m0/s1. The van der Waals surface area contributed by atoms with Crippen LogP contribution in [0.15, 0.2) is 0 Å². The van der Waals surface area contributed by atoms with Crippen LogP contribution in [0, 0.1) is 0 Å². The summed E-state index contributed by atoms with van der Waals surface area (Å²) in [6.45, 7) is 9.81. The van der Waals surface area contributed by atoms with Crippen LogP contribution in [0.2, 0.25) is 0 Å². The third-order valence-corrected chi connectivity index (χ3v) is 2.62. The molecule has 0 saturated carbocycles. The van der Waals surface area contributed by atoms with Gasteiger partial charge in [0.2, 0.25) is 0 Å². The Morgan fingerprint density at radius 3 is 2.47 bits per heavy atom. The Morgan fingerprint density at radius 1 is 1.47 bits per heavy atom. The second-order valence-electron chi connectivity index (χ2n) is 4.14. The van der Waals surface area contributed by atoms with Crippen LogP contribution in [0.3, 0.4) is 0 Å². The molecule has 1 aliphatic heterocycles. The van der Waals surface area contributed by atoms with Crippen LogP contribution in [0.25, 0.3) is 0 Å². The van der Waals surface area contributed by atoms with Gasteiger partial charge in [0.1, 0.15) is 6.04 Å². The normalized spacial score (nSPS) is 29.9. The van der Waals surface area contributed by atoms with Gasteiger partial charge in [0.15, 0.2) is 0 Å². The first-order valence-corrected chi connectivity index (χ1v) is 5.60. The van der Waals surface area contributed by atoms with E-state index in [4.69, 9.17) is 9.47 Å². The lowest BCUT2D eigenvalue weighted by molar-refractivity contribution is -0.153. The van der Waals surface area contributed by atoms with E-state index >= 15 is 0 Å². The van der Waals surface area contributed by atoms with Crippen molar-refractivity contribution in [3.05, 3.63) is 0 Å². The maximum atomic E-state index is 11.6. The summed E-state index contributed by atoms with van der Waals surface area (Å²) in [6.07, 6.45) is 0.372. The second-order valence-corrected chi connectivity index (χ2v) is 4.14. The molecule has 0 aromatic heterocycles. The van der Waals surface area contributed by atoms with Gasteiger partial charge in [-0.15, -0.1) is 0 Å². The van der Waals surface area contributed by atoms with E-state index in [2.05, 4.69) is 4.90 Å². The number of hydrogen-bond acceptors (Lipinski definition) is 4. The van der Waals surface area contributed by atoms with Gasteiger partial charge in [-0.05, 0) is 27.7 Å². The lowest BCUT2D eigenvalue weighted by Gasteiger charge is -2.37. The number of carbonyl (C=O) groups is 1. The van der Waals surface area contributed by atoms with Crippen LogP contribution >= 0.6 is 0 Å². The molecule has 0 radical (unpaired) electrons. The fraction of sp³-hybridized carbons (Fsp3) is 0.909. The number of carbonyl (C=O) groups excluding carboxylic acids is 1. The summed E-state index contributed by atoms with van der Waals surface area (Å²) in [7, 11) is 0. The molecule has 0 spiro atoms. The molecule has 4 heteroatoms. The van der Waals surface area contributed by atoms with Crippen molar-refractivity contribution < 1.29 is 14.3 Å². The summed E-state index contributed by atoms with van der Waals surface area (Å²) in [5, 5.41) is 0. The van der Waals surface area contributed by atoms with Crippen molar-refractivity contribution in [2.45, 2.75) is 45.9 Å². The zero-order valence-corrected chi connectivity index (χ0v) is 10.0. The van der Waals surface area contributed by atoms with E-state index in [9.17, 15) is 4.79 Å². The molecule has 0 aromatic rings. The van der Waals surface area contributed by atoms with Gasteiger partial charge in [-0.2, -0.15) is 0 Å². The average Bonchev–Trinajstić information content (AvgIpc) is 2.15. The van der Waals surface area contributed by atoms with E-state index in [1.165, 1.54) is 0 Å². The fourth-order valence-corrected chi connectivity index (χ4v) is 1.95. The predicted octanol–water partition coefficient (Wildman–Crippen LogP) is 1.05. The van der Waals surface area contributed by atoms with Crippen LogP contribution in [-0.2, 0) is 14.3 Å². The summed E-state index contributed by atoms with van der Waals surface area (Å²) in [5.41, 5.74) is 0. The van der Waals surface area contributed by atoms with Gasteiger partial charge < -0.3 is 9.47 Å². The lowest BCUT2D eigenvalue weighted by Crippen LogP contribution is -2.51. The minimum atomic E-state index is -0.168. The number of hydrogen-bond donors (Lipinski definition) is 0. The molecule has 3 atom stereocenters. The summed E-state index contributed by atoms with van der Waals surface area (Å²) in [4.78, 5) is 13.7. The SMILES string of the molecule is CCOC(=O)[C@H](C)N1C[C@H](C)O[C@@H](C)C1. The molecule has 0 amide bonds. The summed E-state index contributed by atoms with van der Waals surface area (Å²) >= 11 is 0. The molecule has 88 valence electrons. The van der Waals surface area contributed by atoms with E-state index in [0.717, 1.165) is 13.1 Å². The molecule has 1 saturated heterocycles. The Hall–Kier alpha value is -0.610. The van der Waals surface area contributed by atoms with Gasteiger partial charge in [0, 0.05) is 13.1 Å². The Balaban J connectivity index is 2.51. The minimum Gasteiger partial charge on any atom is -0.465 e. The second kappa shape index (κ2) is 5.47. The fourth-order valence-electron chi connectivity index (χ4n) is 1.95. The van der Waals surface area contributed by atoms with Crippen LogP contribution in [-0.4, -0.2) is 48.8 Å². The van der Waals surface area contributed by atoms with Gasteiger partial charge >= 0.3 is 5.97 Å². The smallest absolute Gasteiger partial charge is 0.323 e. The first kappa shape index (κ1) is 12.5. The number of nitrogens with zero attached hydrogens (tertiary/aromatic N) is 1. The zero-order chi connectivity index (χ0) is 11.4. The molecule has 0 bridgehead atoms.